The average molecular weight is 381 g/mol. The van der Waals surface area contributed by atoms with Gasteiger partial charge in [0.2, 0.25) is 5.91 Å². The minimum Gasteiger partial charge on any atom is -0.351 e. The molecule has 138 valence electrons. The topological polar surface area (TPSA) is 81.8 Å². The molecule has 0 bridgehead atoms. The lowest BCUT2D eigenvalue weighted by atomic mass is 10.3. The summed E-state index contributed by atoms with van der Waals surface area (Å²) in [5, 5.41) is 9.23. The van der Waals surface area contributed by atoms with Crippen molar-refractivity contribution in [2.45, 2.75) is 25.4 Å². The van der Waals surface area contributed by atoms with Crippen molar-refractivity contribution in [2.24, 2.45) is 0 Å². The van der Waals surface area contributed by atoms with E-state index in [0.717, 1.165) is 23.3 Å². The number of hydrogen-bond donors (Lipinski definition) is 1. The van der Waals surface area contributed by atoms with Crippen LogP contribution in [0.4, 0.5) is 0 Å². The molecule has 1 fully saturated rings. The van der Waals surface area contributed by atoms with E-state index in [1.54, 1.807) is 34.4 Å². The number of nitrogens with one attached hydrogen (secondary N) is 1. The molecule has 3 aromatic rings. The number of thiophene rings is 1. The average Bonchev–Trinajstić information content (AvgIpc) is 3.27. The van der Waals surface area contributed by atoms with E-state index >= 15 is 0 Å². The van der Waals surface area contributed by atoms with Crippen molar-refractivity contribution < 1.29 is 4.79 Å². The Bertz CT molecular complexity index is 1000. The van der Waals surface area contributed by atoms with Crippen molar-refractivity contribution in [1.82, 2.24) is 24.6 Å². The Kier molecular flexibility index (Phi) is 4.97. The van der Waals surface area contributed by atoms with Crippen molar-refractivity contribution in [3.8, 4) is 11.4 Å². The molecule has 1 N–H and O–H groups in total. The largest absolute Gasteiger partial charge is 0.351 e. The van der Waals surface area contributed by atoms with Crippen molar-refractivity contribution in [3.63, 3.8) is 0 Å². The predicted molar refractivity (Wildman–Crippen MR) is 104 cm³/mol. The van der Waals surface area contributed by atoms with Crippen LogP contribution in [-0.4, -0.2) is 31.8 Å². The van der Waals surface area contributed by atoms with Crippen molar-refractivity contribution in [3.05, 3.63) is 63.5 Å². The normalized spacial score (nSPS) is 13.9. The zero-order valence-electron chi connectivity index (χ0n) is 14.6. The standard InChI is InChI=1S/C19H19N5O2S/c25-17(8-7-16-4-2-12-27-16)21-10-11-23-19(26)24(15-5-6-15)18(22-23)14-3-1-9-20-13-14/h1-4,7-9,12-13,15H,5-6,10-11H2,(H,21,25). The van der Waals surface area contributed by atoms with Gasteiger partial charge in [-0.3, -0.25) is 14.3 Å². The van der Waals surface area contributed by atoms with Crippen LogP contribution in [0.2, 0.25) is 0 Å². The molecular formula is C19H19N5O2S. The van der Waals surface area contributed by atoms with Gasteiger partial charge in [0.15, 0.2) is 5.82 Å². The van der Waals surface area contributed by atoms with E-state index in [2.05, 4.69) is 15.4 Å². The monoisotopic (exact) mass is 381 g/mol. The van der Waals surface area contributed by atoms with Crippen molar-refractivity contribution in [1.29, 1.82) is 0 Å². The van der Waals surface area contributed by atoms with Gasteiger partial charge in [0.25, 0.3) is 0 Å². The Morgan fingerprint density at radius 2 is 2.22 bits per heavy atom. The van der Waals surface area contributed by atoms with E-state index < -0.39 is 0 Å². The van der Waals surface area contributed by atoms with E-state index in [-0.39, 0.29) is 17.6 Å². The number of pyridine rings is 1. The van der Waals surface area contributed by atoms with Gasteiger partial charge in [-0.1, -0.05) is 6.07 Å². The third kappa shape index (κ3) is 4.06. The SMILES string of the molecule is O=C(C=Cc1cccs1)NCCn1nc(-c2cccnc2)n(C2CC2)c1=O. The first kappa shape index (κ1) is 17.4. The van der Waals surface area contributed by atoms with Crippen molar-refractivity contribution >= 4 is 23.3 Å². The lowest BCUT2D eigenvalue weighted by molar-refractivity contribution is -0.116. The molecule has 0 spiro atoms. The Morgan fingerprint density at radius 3 is 2.93 bits per heavy atom. The number of carbonyl (C=O) groups excluding carboxylic acids is 1. The Labute approximate surface area is 160 Å². The Balaban J connectivity index is 1.43. The fraction of sp³-hybridized carbons (Fsp3) is 0.263. The molecule has 1 amide bonds. The summed E-state index contributed by atoms with van der Waals surface area (Å²) < 4.78 is 3.17. The number of carbonyl (C=O) groups is 1. The van der Waals surface area contributed by atoms with Crippen LogP contribution in [-0.2, 0) is 11.3 Å². The molecule has 0 unspecified atom stereocenters. The molecule has 3 heterocycles. The first-order valence-electron chi connectivity index (χ1n) is 8.81. The van der Waals surface area contributed by atoms with Gasteiger partial charge in [-0.2, -0.15) is 0 Å². The molecule has 3 aromatic heterocycles. The summed E-state index contributed by atoms with van der Waals surface area (Å²) in [7, 11) is 0. The van der Waals surface area contributed by atoms with Gasteiger partial charge in [-0.25, -0.2) is 9.48 Å². The summed E-state index contributed by atoms with van der Waals surface area (Å²) in [5.74, 6) is 0.449. The third-order valence-corrected chi connectivity index (χ3v) is 5.10. The van der Waals surface area contributed by atoms with Crippen LogP contribution in [0, 0.1) is 0 Å². The second-order valence-corrected chi connectivity index (χ2v) is 7.29. The highest BCUT2D eigenvalue weighted by Crippen LogP contribution is 2.36. The van der Waals surface area contributed by atoms with Crippen LogP contribution in [0.15, 0.2) is 52.9 Å². The number of amides is 1. The van der Waals surface area contributed by atoms with Gasteiger partial charge >= 0.3 is 5.69 Å². The molecule has 0 saturated heterocycles. The molecule has 0 radical (unpaired) electrons. The van der Waals surface area contributed by atoms with E-state index in [9.17, 15) is 9.59 Å². The Morgan fingerprint density at radius 1 is 1.33 bits per heavy atom. The van der Waals surface area contributed by atoms with Gasteiger partial charge in [0.1, 0.15) is 0 Å². The van der Waals surface area contributed by atoms with Gasteiger partial charge in [-0.15, -0.1) is 16.4 Å². The van der Waals surface area contributed by atoms with Crippen LogP contribution in [0.5, 0.6) is 0 Å². The van der Waals surface area contributed by atoms with E-state index in [1.807, 2.05) is 29.6 Å². The summed E-state index contributed by atoms with van der Waals surface area (Å²) >= 11 is 1.57. The summed E-state index contributed by atoms with van der Waals surface area (Å²) in [4.78, 5) is 29.8. The highest BCUT2D eigenvalue weighted by molar-refractivity contribution is 7.10. The Hall–Kier alpha value is -3.00. The number of rotatable bonds is 7. The zero-order valence-corrected chi connectivity index (χ0v) is 15.4. The summed E-state index contributed by atoms with van der Waals surface area (Å²) in [6, 6.07) is 7.82. The quantitative estimate of drug-likeness (QED) is 0.637. The van der Waals surface area contributed by atoms with Crippen LogP contribution in [0.1, 0.15) is 23.8 Å². The summed E-state index contributed by atoms with van der Waals surface area (Å²) in [5.41, 5.74) is 0.683. The third-order valence-electron chi connectivity index (χ3n) is 4.27. The molecule has 0 aromatic carbocycles. The van der Waals surface area contributed by atoms with E-state index in [0.29, 0.717) is 18.9 Å². The second kappa shape index (κ2) is 7.71. The second-order valence-electron chi connectivity index (χ2n) is 6.31. The highest BCUT2D eigenvalue weighted by Gasteiger charge is 2.30. The van der Waals surface area contributed by atoms with Crippen LogP contribution in [0.3, 0.4) is 0 Å². The molecule has 0 aliphatic heterocycles. The molecule has 7 nitrogen and oxygen atoms in total. The molecular weight excluding hydrogens is 362 g/mol. The van der Waals surface area contributed by atoms with Crippen LogP contribution >= 0.6 is 11.3 Å². The number of nitrogens with zero attached hydrogens (tertiary/aromatic N) is 4. The minimum absolute atomic E-state index is 0.139. The smallest absolute Gasteiger partial charge is 0.346 e. The van der Waals surface area contributed by atoms with Gasteiger partial charge in [0.05, 0.1) is 6.54 Å². The zero-order chi connectivity index (χ0) is 18.6. The highest BCUT2D eigenvalue weighted by atomic mass is 32.1. The fourth-order valence-electron chi connectivity index (χ4n) is 2.81. The molecule has 4 rings (SSSR count). The van der Waals surface area contributed by atoms with Crippen LogP contribution < -0.4 is 11.0 Å². The lowest BCUT2D eigenvalue weighted by Gasteiger charge is -2.02. The first-order valence-corrected chi connectivity index (χ1v) is 9.69. The minimum atomic E-state index is -0.189. The van der Waals surface area contributed by atoms with Gasteiger partial charge in [0, 0.05) is 41.5 Å². The molecule has 0 atom stereocenters. The number of hydrogen-bond acceptors (Lipinski definition) is 5. The molecule has 27 heavy (non-hydrogen) atoms. The maximum absolute atomic E-state index is 12.7. The van der Waals surface area contributed by atoms with E-state index in [4.69, 9.17) is 0 Å². The molecule has 1 aliphatic carbocycles. The van der Waals surface area contributed by atoms with E-state index in [1.165, 1.54) is 10.8 Å². The summed E-state index contributed by atoms with van der Waals surface area (Å²) in [6.07, 6.45) is 8.65. The molecule has 1 saturated carbocycles. The maximum atomic E-state index is 12.7. The summed E-state index contributed by atoms with van der Waals surface area (Å²) in [6.45, 7) is 0.659. The van der Waals surface area contributed by atoms with Crippen molar-refractivity contribution in [2.75, 3.05) is 6.54 Å². The molecule has 8 heteroatoms. The fourth-order valence-corrected chi connectivity index (χ4v) is 3.43. The predicted octanol–water partition coefficient (Wildman–Crippen LogP) is 2.33. The number of aromatic nitrogens is 4. The van der Waals surface area contributed by atoms with Gasteiger partial charge < -0.3 is 5.32 Å². The maximum Gasteiger partial charge on any atom is 0.346 e. The van der Waals surface area contributed by atoms with Gasteiger partial charge in [-0.05, 0) is 42.5 Å². The van der Waals surface area contributed by atoms with Crippen LogP contribution in [0.25, 0.3) is 17.5 Å². The first-order chi connectivity index (χ1) is 13.2. The lowest BCUT2D eigenvalue weighted by Crippen LogP contribution is -2.31. The molecule has 1 aliphatic rings.